The van der Waals surface area contributed by atoms with Crippen molar-refractivity contribution in [2.75, 3.05) is 19.6 Å². The third-order valence-electron chi connectivity index (χ3n) is 2.72. The van der Waals surface area contributed by atoms with Gasteiger partial charge in [-0.05, 0) is 25.7 Å². The summed E-state index contributed by atoms with van der Waals surface area (Å²) in [6.07, 6.45) is 0. The number of amides is 2. The molecule has 5 heteroatoms. The molecule has 0 fully saturated rings. The summed E-state index contributed by atoms with van der Waals surface area (Å²) in [4.78, 5) is 24.9. The van der Waals surface area contributed by atoms with E-state index in [0.717, 1.165) is 0 Å². The van der Waals surface area contributed by atoms with Crippen LogP contribution in [-0.4, -0.2) is 41.6 Å². The van der Waals surface area contributed by atoms with Crippen molar-refractivity contribution in [3.63, 3.8) is 0 Å². The lowest BCUT2D eigenvalue weighted by Crippen LogP contribution is -2.47. The van der Waals surface area contributed by atoms with E-state index in [0.29, 0.717) is 24.9 Å². The molecule has 2 N–H and O–H groups in total. The van der Waals surface area contributed by atoms with Crippen molar-refractivity contribution in [2.24, 2.45) is 17.3 Å². The maximum atomic E-state index is 12.1. The Morgan fingerprint density at radius 3 is 1.84 bits per heavy atom. The maximum Gasteiger partial charge on any atom is 0.317 e. The van der Waals surface area contributed by atoms with Crippen molar-refractivity contribution in [2.45, 2.75) is 41.5 Å². The molecule has 0 rings (SSSR count). The summed E-state index contributed by atoms with van der Waals surface area (Å²) < 4.78 is 0. The summed E-state index contributed by atoms with van der Waals surface area (Å²) in [7, 11) is 0. The highest BCUT2D eigenvalue weighted by atomic mass is 16.4. The van der Waals surface area contributed by atoms with E-state index < -0.39 is 11.4 Å². The molecule has 0 radical (unpaired) electrons. The zero-order valence-electron chi connectivity index (χ0n) is 13.0. The zero-order chi connectivity index (χ0) is 15.2. The Morgan fingerprint density at radius 2 is 1.53 bits per heavy atom. The van der Waals surface area contributed by atoms with E-state index in [1.807, 2.05) is 0 Å². The summed E-state index contributed by atoms with van der Waals surface area (Å²) in [6.45, 7) is 12.9. The fraction of sp³-hybridized carbons (Fsp3) is 0.857. The van der Waals surface area contributed by atoms with Crippen molar-refractivity contribution in [3.8, 4) is 0 Å². The second-order valence-electron chi connectivity index (χ2n) is 6.54. The van der Waals surface area contributed by atoms with E-state index in [4.69, 9.17) is 5.11 Å². The van der Waals surface area contributed by atoms with Crippen molar-refractivity contribution in [1.29, 1.82) is 0 Å². The van der Waals surface area contributed by atoms with Gasteiger partial charge in [0.1, 0.15) is 0 Å². The van der Waals surface area contributed by atoms with Gasteiger partial charge in [-0.3, -0.25) is 4.79 Å². The van der Waals surface area contributed by atoms with Crippen LogP contribution in [0.25, 0.3) is 0 Å². The first-order valence-corrected chi connectivity index (χ1v) is 6.82. The zero-order valence-corrected chi connectivity index (χ0v) is 13.0. The van der Waals surface area contributed by atoms with Gasteiger partial charge in [0.05, 0.1) is 5.41 Å². The predicted molar refractivity (Wildman–Crippen MR) is 76.1 cm³/mol. The van der Waals surface area contributed by atoms with Gasteiger partial charge in [0.2, 0.25) is 0 Å². The third kappa shape index (κ3) is 7.03. The number of nitrogens with zero attached hydrogens (tertiary/aromatic N) is 1. The molecule has 0 bridgehead atoms. The summed E-state index contributed by atoms with van der Waals surface area (Å²) in [5.41, 5.74) is -0.947. The third-order valence-corrected chi connectivity index (χ3v) is 2.72. The van der Waals surface area contributed by atoms with Gasteiger partial charge in [-0.25, -0.2) is 4.79 Å². The van der Waals surface area contributed by atoms with Gasteiger partial charge in [-0.15, -0.1) is 0 Å². The molecule has 0 aromatic rings. The van der Waals surface area contributed by atoms with Gasteiger partial charge in [0.25, 0.3) is 0 Å². The summed E-state index contributed by atoms with van der Waals surface area (Å²) in [5.74, 6) is -0.138. The summed E-state index contributed by atoms with van der Waals surface area (Å²) in [5, 5.41) is 11.7. The molecule has 0 unspecified atom stereocenters. The number of aliphatic carboxylic acids is 1. The lowest BCUT2D eigenvalue weighted by Gasteiger charge is -2.28. The molecule has 2 amide bonds. The van der Waals surface area contributed by atoms with Crippen LogP contribution in [-0.2, 0) is 4.79 Å². The number of urea groups is 1. The molecule has 0 heterocycles. The number of nitrogens with one attached hydrogen (secondary N) is 1. The Morgan fingerprint density at radius 1 is 1.11 bits per heavy atom. The molecule has 0 aliphatic heterocycles. The number of rotatable bonds is 7. The highest BCUT2D eigenvalue weighted by Gasteiger charge is 2.28. The average molecular weight is 272 g/mol. The molecule has 112 valence electrons. The lowest BCUT2D eigenvalue weighted by molar-refractivity contribution is -0.146. The second kappa shape index (κ2) is 7.36. The second-order valence-corrected chi connectivity index (χ2v) is 6.54. The van der Waals surface area contributed by atoms with E-state index in [1.165, 1.54) is 0 Å². The van der Waals surface area contributed by atoms with Crippen LogP contribution in [0.1, 0.15) is 41.5 Å². The molecule has 19 heavy (non-hydrogen) atoms. The van der Waals surface area contributed by atoms with E-state index in [-0.39, 0.29) is 12.6 Å². The first kappa shape index (κ1) is 17.7. The molecule has 0 spiro atoms. The lowest BCUT2D eigenvalue weighted by atomic mass is 9.94. The van der Waals surface area contributed by atoms with Gasteiger partial charge in [0.15, 0.2) is 0 Å². The molecule has 0 aliphatic rings. The Bertz CT molecular complexity index is 302. The molecule has 0 atom stereocenters. The first-order chi connectivity index (χ1) is 8.56. The smallest absolute Gasteiger partial charge is 0.317 e. The molecular weight excluding hydrogens is 244 g/mol. The quantitative estimate of drug-likeness (QED) is 0.747. The number of carboxylic acids is 1. The fourth-order valence-corrected chi connectivity index (χ4v) is 1.61. The van der Waals surface area contributed by atoms with Crippen molar-refractivity contribution < 1.29 is 14.7 Å². The van der Waals surface area contributed by atoms with E-state index in [9.17, 15) is 9.59 Å². The van der Waals surface area contributed by atoms with E-state index in [2.05, 4.69) is 33.0 Å². The number of hydrogen-bond acceptors (Lipinski definition) is 2. The molecule has 0 saturated carbocycles. The molecule has 0 saturated heterocycles. The Hall–Kier alpha value is -1.26. The van der Waals surface area contributed by atoms with Gasteiger partial charge < -0.3 is 15.3 Å². The Labute approximate surface area is 116 Å². The number of carbonyl (C=O) groups is 2. The molecule has 0 aromatic heterocycles. The Kier molecular flexibility index (Phi) is 6.87. The van der Waals surface area contributed by atoms with Crippen LogP contribution in [0, 0.1) is 17.3 Å². The predicted octanol–water partition coefficient (Wildman–Crippen LogP) is 2.42. The normalized spacial score (nSPS) is 11.8. The highest BCUT2D eigenvalue weighted by molar-refractivity contribution is 5.77. The fourth-order valence-electron chi connectivity index (χ4n) is 1.61. The highest BCUT2D eigenvalue weighted by Crippen LogP contribution is 2.13. The standard InChI is InChI=1S/C14H28N2O3/c1-10(2)7-16(8-11(3)4)13(19)15-9-14(5,6)12(17)18/h10-11H,7-9H2,1-6H3,(H,15,19)(H,17,18). The summed E-state index contributed by atoms with van der Waals surface area (Å²) in [6, 6.07) is -0.184. The van der Waals surface area contributed by atoms with Crippen LogP contribution in [0.15, 0.2) is 0 Å². The van der Waals surface area contributed by atoms with E-state index >= 15 is 0 Å². The van der Waals surface area contributed by atoms with Crippen molar-refractivity contribution in [1.82, 2.24) is 10.2 Å². The molecule has 0 aromatic carbocycles. The van der Waals surface area contributed by atoms with E-state index in [1.54, 1.807) is 18.7 Å². The number of carbonyl (C=O) groups excluding carboxylic acids is 1. The topological polar surface area (TPSA) is 69.6 Å². The monoisotopic (exact) mass is 272 g/mol. The van der Waals surface area contributed by atoms with Gasteiger partial charge in [-0.2, -0.15) is 0 Å². The minimum Gasteiger partial charge on any atom is -0.481 e. The summed E-state index contributed by atoms with van der Waals surface area (Å²) >= 11 is 0. The molecule has 5 nitrogen and oxygen atoms in total. The molecular formula is C14H28N2O3. The molecule has 0 aliphatic carbocycles. The first-order valence-electron chi connectivity index (χ1n) is 6.82. The number of hydrogen-bond donors (Lipinski definition) is 2. The van der Waals surface area contributed by atoms with Crippen LogP contribution in [0.4, 0.5) is 4.79 Å². The van der Waals surface area contributed by atoms with Crippen molar-refractivity contribution >= 4 is 12.0 Å². The van der Waals surface area contributed by atoms with Gasteiger partial charge in [-0.1, -0.05) is 27.7 Å². The van der Waals surface area contributed by atoms with Crippen LogP contribution < -0.4 is 5.32 Å². The average Bonchev–Trinajstić information content (AvgIpc) is 2.23. The number of carboxylic acid groups (broad SMARTS) is 1. The Balaban J connectivity index is 4.51. The largest absolute Gasteiger partial charge is 0.481 e. The van der Waals surface area contributed by atoms with Crippen LogP contribution in [0.3, 0.4) is 0 Å². The van der Waals surface area contributed by atoms with Gasteiger partial charge >= 0.3 is 12.0 Å². The maximum absolute atomic E-state index is 12.1. The van der Waals surface area contributed by atoms with Crippen LogP contribution in [0.5, 0.6) is 0 Å². The SMILES string of the molecule is CC(C)CN(CC(C)C)C(=O)NCC(C)(C)C(=O)O. The van der Waals surface area contributed by atoms with Gasteiger partial charge in [0, 0.05) is 19.6 Å². The van der Waals surface area contributed by atoms with Crippen LogP contribution >= 0.6 is 0 Å². The minimum absolute atomic E-state index is 0.133. The minimum atomic E-state index is -0.947. The van der Waals surface area contributed by atoms with Crippen molar-refractivity contribution in [3.05, 3.63) is 0 Å². The van der Waals surface area contributed by atoms with Crippen LogP contribution in [0.2, 0.25) is 0 Å².